The molecule has 0 spiro atoms. The predicted octanol–water partition coefficient (Wildman–Crippen LogP) is 3.72. The van der Waals surface area contributed by atoms with Gasteiger partial charge in [-0.2, -0.15) is 0 Å². The van der Waals surface area contributed by atoms with Gasteiger partial charge in [-0.05, 0) is 54.9 Å². The first kappa shape index (κ1) is 27.8. The monoisotopic (exact) mass is 424 g/mol. The maximum absolute atomic E-state index is 12.2. The van der Waals surface area contributed by atoms with Gasteiger partial charge in [0, 0.05) is 12.2 Å². The second-order valence-corrected chi connectivity index (χ2v) is 8.63. The summed E-state index contributed by atoms with van der Waals surface area (Å²) in [6.45, 7) is 19.0. The minimum Gasteiger partial charge on any atom is -0.459 e. The lowest BCUT2D eigenvalue weighted by Crippen LogP contribution is -2.41. The predicted molar refractivity (Wildman–Crippen MR) is 115 cm³/mol. The van der Waals surface area contributed by atoms with Crippen molar-refractivity contribution in [3.63, 3.8) is 0 Å². The first-order chi connectivity index (χ1) is 13.6. The van der Waals surface area contributed by atoms with Gasteiger partial charge in [0.1, 0.15) is 12.2 Å². The van der Waals surface area contributed by atoms with Crippen LogP contribution in [0.5, 0.6) is 0 Å². The highest BCUT2D eigenvalue weighted by Gasteiger charge is 2.31. The van der Waals surface area contributed by atoms with Gasteiger partial charge in [0.15, 0.2) is 6.61 Å². The van der Waals surface area contributed by atoms with Gasteiger partial charge in [-0.1, -0.05) is 25.3 Å². The normalized spacial score (nSPS) is 13.6. The molecular weight excluding hydrogens is 388 g/mol. The summed E-state index contributed by atoms with van der Waals surface area (Å²) in [6.07, 6.45) is 6.08. The number of ether oxygens (including phenoxy) is 4. The van der Waals surface area contributed by atoms with E-state index in [1.54, 1.807) is 13.8 Å². The number of Topliss-reactive ketones (excluding diaryl/α,β-unsaturated/α-hetero) is 1. The maximum atomic E-state index is 12.2. The molecule has 0 bridgehead atoms. The molecule has 0 radical (unpaired) electrons. The van der Waals surface area contributed by atoms with E-state index in [1.807, 2.05) is 46.8 Å². The van der Waals surface area contributed by atoms with Crippen LogP contribution in [0.1, 0.15) is 54.9 Å². The molecule has 0 aliphatic heterocycles. The number of hydrogen-bond donors (Lipinski definition) is 0. The molecule has 0 aromatic heterocycles. The van der Waals surface area contributed by atoms with Crippen molar-refractivity contribution in [2.45, 2.75) is 77.8 Å². The van der Waals surface area contributed by atoms with Crippen molar-refractivity contribution in [1.29, 1.82) is 0 Å². The first-order valence-corrected chi connectivity index (χ1v) is 9.80. The molecule has 0 amide bonds. The fourth-order valence-electron chi connectivity index (χ4n) is 2.61. The Labute approximate surface area is 180 Å². The van der Waals surface area contributed by atoms with E-state index in [2.05, 4.69) is 13.2 Å². The molecule has 170 valence electrons. The Morgan fingerprint density at radius 1 is 0.900 bits per heavy atom. The Morgan fingerprint density at radius 2 is 1.43 bits per heavy atom. The van der Waals surface area contributed by atoms with Crippen molar-refractivity contribution in [3.05, 3.63) is 37.5 Å². The van der Waals surface area contributed by atoms with E-state index in [9.17, 15) is 14.4 Å². The molecule has 0 heterocycles. The van der Waals surface area contributed by atoms with Gasteiger partial charge in [0.25, 0.3) is 0 Å². The highest BCUT2D eigenvalue weighted by molar-refractivity contribution is 5.90. The third-order valence-corrected chi connectivity index (χ3v) is 3.96. The van der Waals surface area contributed by atoms with Gasteiger partial charge in [0.2, 0.25) is 5.78 Å². The zero-order valence-corrected chi connectivity index (χ0v) is 19.3. The van der Waals surface area contributed by atoms with E-state index < -0.39 is 28.7 Å². The van der Waals surface area contributed by atoms with E-state index in [0.29, 0.717) is 6.42 Å². The van der Waals surface area contributed by atoms with E-state index in [-0.39, 0.29) is 25.1 Å². The highest BCUT2D eigenvalue weighted by Crippen LogP contribution is 2.24. The van der Waals surface area contributed by atoms with Gasteiger partial charge in [-0.15, -0.1) is 0 Å². The second kappa shape index (κ2) is 11.8. The van der Waals surface area contributed by atoms with E-state index >= 15 is 0 Å². The Kier molecular flexibility index (Phi) is 10.9. The van der Waals surface area contributed by atoms with Crippen LogP contribution in [-0.4, -0.2) is 53.8 Å². The second-order valence-electron chi connectivity index (χ2n) is 8.63. The van der Waals surface area contributed by atoms with Gasteiger partial charge < -0.3 is 18.9 Å². The molecule has 7 heteroatoms. The van der Waals surface area contributed by atoms with Crippen molar-refractivity contribution >= 4 is 17.7 Å². The standard InChI is InChI=1S/C23H36O7/c1-10-19(25)27-15-18(24)23(8,9)29-17(3)13-12-14-21(4,5)30-22(6,7)16-28-20(26)11-2/h10-13,17H,1-2,14-16H2,3-9H3/b13-12+. The number of rotatable bonds is 14. The van der Waals surface area contributed by atoms with Crippen LogP contribution in [-0.2, 0) is 33.3 Å². The first-order valence-electron chi connectivity index (χ1n) is 9.80. The fourth-order valence-corrected chi connectivity index (χ4v) is 2.61. The molecule has 0 saturated carbocycles. The molecule has 7 nitrogen and oxygen atoms in total. The molecule has 0 fully saturated rings. The minimum atomic E-state index is -1.12. The van der Waals surface area contributed by atoms with Crippen molar-refractivity contribution < 1.29 is 33.3 Å². The van der Waals surface area contributed by atoms with Crippen molar-refractivity contribution in [1.82, 2.24) is 0 Å². The Balaban J connectivity index is 4.68. The summed E-state index contributed by atoms with van der Waals surface area (Å²) in [6, 6.07) is 0. The largest absolute Gasteiger partial charge is 0.459 e. The summed E-state index contributed by atoms with van der Waals surface area (Å²) >= 11 is 0. The summed E-state index contributed by atoms with van der Waals surface area (Å²) in [5, 5.41) is 0. The van der Waals surface area contributed by atoms with Crippen LogP contribution >= 0.6 is 0 Å². The zero-order valence-electron chi connectivity index (χ0n) is 19.3. The summed E-state index contributed by atoms with van der Waals surface area (Å²) in [7, 11) is 0. The third kappa shape index (κ3) is 11.7. The third-order valence-electron chi connectivity index (χ3n) is 3.96. The summed E-state index contributed by atoms with van der Waals surface area (Å²) in [4.78, 5) is 34.6. The van der Waals surface area contributed by atoms with Gasteiger partial charge in [-0.3, -0.25) is 4.79 Å². The molecule has 0 aliphatic carbocycles. The average molecular weight is 425 g/mol. The smallest absolute Gasteiger partial charge is 0.330 e. The Hall–Kier alpha value is -2.25. The summed E-state index contributed by atoms with van der Waals surface area (Å²) < 4.78 is 21.7. The molecule has 0 aliphatic rings. The van der Waals surface area contributed by atoms with Crippen molar-refractivity contribution in [2.75, 3.05) is 13.2 Å². The van der Waals surface area contributed by atoms with Crippen LogP contribution in [0.4, 0.5) is 0 Å². The molecule has 0 aromatic carbocycles. The number of carbonyl (C=O) groups is 3. The molecule has 0 aromatic rings. The topological polar surface area (TPSA) is 88.1 Å². The number of carbonyl (C=O) groups excluding carboxylic acids is 3. The van der Waals surface area contributed by atoms with E-state index in [1.165, 1.54) is 0 Å². The molecule has 1 unspecified atom stereocenters. The van der Waals surface area contributed by atoms with Gasteiger partial charge >= 0.3 is 11.9 Å². The molecule has 0 rings (SSSR count). The van der Waals surface area contributed by atoms with Crippen LogP contribution in [0.25, 0.3) is 0 Å². The lowest BCUT2D eigenvalue weighted by molar-refractivity contribution is -0.165. The summed E-state index contributed by atoms with van der Waals surface area (Å²) in [5.74, 6) is -1.50. The minimum absolute atomic E-state index is 0.108. The molecular formula is C23H36O7. The Morgan fingerprint density at radius 3 is 1.97 bits per heavy atom. The zero-order chi connectivity index (χ0) is 23.6. The van der Waals surface area contributed by atoms with Crippen molar-refractivity contribution in [2.24, 2.45) is 0 Å². The van der Waals surface area contributed by atoms with Gasteiger partial charge in [0.05, 0.1) is 17.3 Å². The maximum Gasteiger partial charge on any atom is 0.330 e. The van der Waals surface area contributed by atoms with Crippen LogP contribution in [0.15, 0.2) is 37.5 Å². The number of ketones is 1. The lowest BCUT2D eigenvalue weighted by Gasteiger charge is -2.35. The molecule has 1 atom stereocenters. The van der Waals surface area contributed by atoms with Crippen LogP contribution in [0.2, 0.25) is 0 Å². The molecule has 0 saturated heterocycles. The highest BCUT2D eigenvalue weighted by atomic mass is 16.6. The SMILES string of the molecule is C=CC(=O)OCC(=O)C(C)(C)OC(C)/C=C/CC(C)(C)OC(C)(C)COC(=O)C=C. The Bertz CT molecular complexity index is 656. The summed E-state index contributed by atoms with van der Waals surface area (Å²) in [5.41, 5.74) is -2.31. The number of esters is 2. The van der Waals surface area contributed by atoms with Crippen molar-refractivity contribution in [3.8, 4) is 0 Å². The lowest BCUT2D eigenvalue weighted by atomic mass is 10.0. The van der Waals surface area contributed by atoms with Crippen LogP contribution in [0, 0.1) is 0 Å². The number of hydrogen-bond acceptors (Lipinski definition) is 7. The quantitative estimate of drug-likeness (QED) is 0.239. The van der Waals surface area contributed by atoms with Crippen LogP contribution in [0.3, 0.4) is 0 Å². The fraction of sp³-hybridized carbons (Fsp3) is 0.609. The molecule has 0 N–H and O–H groups in total. The van der Waals surface area contributed by atoms with E-state index in [4.69, 9.17) is 18.9 Å². The van der Waals surface area contributed by atoms with Gasteiger partial charge in [-0.25, -0.2) is 9.59 Å². The average Bonchev–Trinajstić information content (AvgIpc) is 2.62. The van der Waals surface area contributed by atoms with Crippen LogP contribution < -0.4 is 0 Å². The molecule has 30 heavy (non-hydrogen) atoms. The van der Waals surface area contributed by atoms with E-state index in [0.717, 1.165) is 12.2 Å².